The highest BCUT2D eigenvalue weighted by atomic mass is 16.5. The number of hydrogen-bond donors (Lipinski definition) is 0. The highest BCUT2D eigenvalue weighted by Crippen LogP contribution is 2.21. The second-order valence-corrected chi connectivity index (χ2v) is 7.95. The minimum atomic E-state index is 0.0168. The summed E-state index contributed by atoms with van der Waals surface area (Å²) in [6.45, 7) is 6.94. The number of aryl methyl sites for hydroxylation is 2. The maximum atomic E-state index is 13.2. The largest absolute Gasteiger partial charge is 0.495 e. The van der Waals surface area contributed by atoms with Crippen LogP contribution < -0.4 is 9.64 Å². The molecule has 0 unspecified atom stereocenters. The molecule has 2 heterocycles. The number of aromatic nitrogens is 1. The van der Waals surface area contributed by atoms with Crippen LogP contribution in [-0.2, 0) is 0 Å². The SMILES string of the molecule is COc1ccc(C(=O)N2CCN(c3ccccn3)CC2)cc1C#Cc1cc(C)ccc1C. The monoisotopic (exact) mass is 425 g/mol. The van der Waals surface area contributed by atoms with Gasteiger partial charge in [0.25, 0.3) is 5.91 Å². The van der Waals surface area contributed by atoms with E-state index in [0.29, 0.717) is 30.0 Å². The molecular weight excluding hydrogens is 398 g/mol. The number of benzene rings is 2. The van der Waals surface area contributed by atoms with Crippen molar-refractivity contribution in [3.8, 4) is 17.6 Å². The second kappa shape index (κ2) is 9.57. The maximum Gasteiger partial charge on any atom is 0.254 e. The quantitative estimate of drug-likeness (QED) is 0.594. The third kappa shape index (κ3) is 4.76. The van der Waals surface area contributed by atoms with E-state index >= 15 is 0 Å². The van der Waals surface area contributed by atoms with Gasteiger partial charge in [-0.2, -0.15) is 0 Å². The Labute approximate surface area is 189 Å². The molecule has 1 aliphatic heterocycles. The van der Waals surface area contributed by atoms with Crippen molar-refractivity contribution in [2.75, 3.05) is 38.2 Å². The first-order chi connectivity index (χ1) is 15.5. The summed E-state index contributed by atoms with van der Waals surface area (Å²) in [5, 5.41) is 0. The Kier molecular flexibility index (Phi) is 6.42. The molecule has 1 aromatic heterocycles. The molecule has 3 aromatic rings. The minimum Gasteiger partial charge on any atom is -0.495 e. The van der Waals surface area contributed by atoms with Gasteiger partial charge < -0.3 is 14.5 Å². The Morgan fingerprint density at radius 3 is 2.44 bits per heavy atom. The first kappa shape index (κ1) is 21.5. The number of rotatable bonds is 3. The van der Waals surface area contributed by atoms with E-state index in [9.17, 15) is 4.79 Å². The standard InChI is InChI=1S/C27H27N3O2/c1-20-7-8-21(2)22(18-20)9-10-23-19-24(11-12-25(23)32-3)27(31)30-16-14-29(15-17-30)26-6-4-5-13-28-26/h4-8,11-13,18-19H,14-17H2,1-3H3. The summed E-state index contributed by atoms with van der Waals surface area (Å²) in [4.78, 5) is 21.7. The van der Waals surface area contributed by atoms with Gasteiger partial charge in [-0.1, -0.05) is 30.0 Å². The summed E-state index contributed by atoms with van der Waals surface area (Å²) in [6, 6.07) is 17.6. The normalized spacial score (nSPS) is 13.3. The Bertz CT molecular complexity index is 1170. The van der Waals surface area contributed by atoms with Gasteiger partial charge in [0.2, 0.25) is 0 Å². The average Bonchev–Trinajstić information content (AvgIpc) is 2.84. The zero-order chi connectivity index (χ0) is 22.5. The Morgan fingerprint density at radius 1 is 0.938 bits per heavy atom. The van der Waals surface area contributed by atoms with E-state index in [-0.39, 0.29) is 5.91 Å². The average molecular weight is 426 g/mol. The van der Waals surface area contributed by atoms with Crippen LogP contribution in [0.2, 0.25) is 0 Å². The predicted octanol–water partition coefficient (Wildman–Crippen LogP) is 4.07. The molecule has 5 heteroatoms. The van der Waals surface area contributed by atoms with Crippen molar-refractivity contribution in [1.29, 1.82) is 0 Å². The number of piperazine rings is 1. The fraction of sp³-hybridized carbons (Fsp3) is 0.259. The van der Waals surface area contributed by atoms with E-state index in [1.54, 1.807) is 13.3 Å². The number of pyridine rings is 1. The molecule has 0 bridgehead atoms. The molecule has 0 saturated carbocycles. The molecule has 162 valence electrons. The Balaban J connectivity index is 1.52. The van der Waals surface area contributed by atoms with Gasteiger partial charge in [-0.05, 0) is 61.4 Å². The van der Waals surface area contributed by atoms with Crippen LogP contribution in [0, 0.1) is 25.7 Å². The van der Waals surface area contributed by atoms with Gasteiger partial charge in [0.15, 0.2) is 0 Å². The maximum absolute atomic E-state index is 13.2. The molecule has 1 fully saturated rings. The first-order valence-corrected chi connectivity index (χ1v) is 10.8. The number of hydrogen-bond acceptors (Lipinski definition) is 4. The fourth-order valence-electron chi connectivity index (χ4n) is 3.81. The molecule has 0 radical (unpaired) electrons. The molecule has 2 aromatic carbocycles. The molecule has 32 heavy (non-hydrogen) atoms. The van der Waals surface area contributed by atoms with Crippen molar-refractivity contribution in [2.45, 2.75) is 13.8 Å². The highest BCUT2D eigenvalue weighted by Gasteiger charge is 2.23. The molecule has 5 nitrogen and oxygen atoms in total. The fourth-order valence-corrected chi connectivity index (χ4v) is 3.81. The van der Waals surface area contributed by atoms with Gasteiger partial charge in [-0.15, -0.1) is 0 Å². The molecular formula is C27H27N3O2. The summed E-state index contributed by atoms with van der Waals surface area (Å²) in [5.74, 6) is 8.09. The van der Waals surface area contributed by atoms with E-state index in [1.807, 2.05) is 48.2 Å². The predicted molar refractivity (Wildman–Crippen MR) is 127 cm³/mol. The lowest BCUT2D eigenvalue weighted by molar-refractivity contribution is 0.0746. The lowest BCUT2D eigenvalue weighted by atomic mass is 10.0. The van der Waals surface area contributed by atoms with Crippen molar-refractivity contribution >= 4 is 11.7 Å². The van der Waals surface area contributed by atoms with Crippen LogP contribution in [0.25, 0.3) is 0 Å². The van der Waals surface area contributed by atoms with Crippen LogP contribution in [0.4, 0.5) is 5.82 Å². The Morgan fingerprint density at radius 2 is 1.72 bits per heavy atom. The number of carbonyl (C=O) groups is 1. The molecule has 1 aliphatic rings. The van der Waals surface area contributed by atoms with Crippen LogP contribution in [0.15, 0.2) is 60.8 Å². The zero-order valence-corrected chi connectivity index (χ0v) is 18.8. The van der Waals surface area contributed by atoms with Gasteiger partial charge in [-0.25, -0.2) is 4.98 Å². The molecule has 0 atom stereocenters. The van der Waals surface area contributed by atoms with E-state index < -0.39 is 0 Å². The smallest absolute Gasteiger partial charge is 0.254 e. The van der Waals surface area contributed by atoms with Crippen molar-refractivity contribution in [1.82, 2.24) is 9.88 Å². The number of amides is 1. The van der Waals surface area contributed by atoms with E-state index in [2.05, 4.69) is 46.8 Å². The van der Waals surface area contributed by atoms with E-state index in [0.717, 1.165) is 30.0 Å². The molecule has 0 aliphatic carbocycles. The van der Waals surface area contributed by atoms with Crippen LogP contribution in [0.1, 0.15) is 32.6 Å². The summed E-state index contributed by atoms with van der Waals surface area (Å²) < 4.78 is 5.49. The number of carbonyl (C=O) groups excluding carboxylic acids is 1. The molecule has 0 spiro atoms. The van der Waals surface area contributed by atoms with Gasteiger partial charge in [0.05, 0.1) is 12.7 Å². The van der Waals surface area contributed by atoms with Crippen molar-refractivity contribution < 1.29 is 9.53 Å². The molecule has 0 N–H and O–H groups in total. The molecule has 4 rings (SSSR count). The van der Waals surface area contributed by atoms with Crippen molar-refractivity contribution in [3.05, 3.63) is 88.6 Å². The van der Waals surface area contributed by atoms with Crippen LogP contribution in [0.3, 0.4) is 0 Å². The van der Waals surface area contributed by atoms with E-state index in [4.69, 9.17) is 4.74 Å². The van der Waals surface area contributed by atoms with Crippen molar-refractivity contribution in [2.24, 2.45) is 0 Å². The van der Waals surface area contributed by atoms with Gasteiger partial charge in [0.1, 0.15) is 11.6 Å². The number of nitrogens with zero attached hydrogens (tertiary/aromatic N) is 3. The highest BCUT2D eigenvalue weighted by molar-refractivity contribution is 5.95. The third-order valence-electron chi connectivity index (χ3n) is 5.71. The van der Waals surface area contributed by atoms with Gasteiger partial charge in [-0.3, -0.25) is 4.79 Å². The summed E-state index contributed by atoms with van der Waals surface area (Å²) >= 11 is 0. The lowest BCUT2D eigenvalue weighted by Gasteiger charge is -2.35. The topological polar surface area (TPSA) is 45.7 Å². The number of ether oxygens (including phenoxy) is 1. The summed E-state index contributed by atoms with van der Waals surface area (Å²) in [6.07, 6.45) is 1.80. The summed E-state index contributed by atoms with van der Waals surface area (Å²) in [7, 11) is 1.62. The van der Waals surface area contributed by atoms with Crippen LogP contribution in [-0.4, -0.2) is 49.1 Å². The van der Waals surface area contributed by atoms with Gasteiger partial charge in [0, 0.05) is 43.5 Å². The van der Waals surface area contributed by atoms with Crippen molar-refractivity contribution in [3.63, 3.8) is 0 Å². The number of methoxy groups -OCH3 is 1. The summed E-state index contributed by atoms with van der Waals surface area (Å²) in [5.41, 5.74) is 4.61. The molecule has 1 amide bonds. The van der Waals surface area contributed by atoms with Crippen LogP contribution in [0.5, 0.6) is 5.75 Å². The minimum absolute atomic E-state index is 0.0168. The third-order valence-corrected chi connectivity index (χ3v) is 5.71. The van der Waals surface area contributed by atoms with E-state index in [1.165, 1.54) is 5.56 Å². The molecule has 1 saturated heterocycles. The van der Waals surface area contributed by atoms with Crippen LogP contribution >= 0.6 is 0 Å². The Hall–Kier alpha value is -3.78. The lowest BCUT2D eigenvalue weighted by Crippen LogP contribution is -2.49. The first-order valence-electron chi connectivity index (χ1n) is 10.8. The zero-order valence-electron chi connectivity index (χ0n) is 18.8. The second-order valence-electron chi connectivity index (χ2n) is 7.95. The number of anilines is 1. The van der Waals surface area contributed by atoms with Gasteiger partial charge >= 0.3 is 0 Å².